The maximum atomic E-state index is 7.03. The van der Waals surface area contributed by atoms with Crippen molar-refractivity contribution in [3.8, 4) is 39.3 Å². The number of imidazole rings is 1. The average Bonchev–Trinajstić information content (AvgIpc) is 3.82. The molecular formula is C53H40N3O+. The zero-order chi connectivity index (χ0) is 38.0. The van der Waals surface area contributed by atoms with E-state index in [1.165, 1.54) is 16.7 Å². The van der Waals surface area contributed by atoms with Crippen LogP contribution in [0, 0.1) is 0 Å². The van der Waals surface area contributed by atoms with E-state index in [1.54, 1.807) is 0 Å². The van der Waals surface area contributed by atoms with Crippen LogP contribution in [-0.2, 0) is 6.42 Å². The van der Waals surface area contributed by atoms with Crippen LogP contribution in [0.1, 0.15) is 35.4 Å². The Hall–Kier alpha value is -7.04. The highest BCUT2D eigenvalue weighted by Crippen LogP contribution is 2.46. The number of para-hydroxylation sites is 4. The summed E-state index contributed by atoms with van der Waals surface area (Å²) in [5.41, 5.74) is 16.5. The van der Waals surface area contributed by atoms with E-state index in [0.717, 1.165) is 96.6 Å². The third kappa shape index (κ3) is 5.21. The van der Waals surface area contributed by atoms with Crippen LogP contribution in [-0.4, -0.2) is 16.3 Å². The number of aliphatic imine (C=N–C) groups is 1. The lowest BCUT2D eigenvalue weighted by Gasteiger charge is -2.32. The first-order valence-electron chi connectivity index (χ1n) is 19.9. The van der Waals surface area contributed by atoms with Gasteiger partial charge in [-0.1, -0.05) is 159 Å². The molecule has 0 amide bonds. The molecule has 4 heteroatoms. The largest absolute Gasteiger partial charge is 0.455 e. The van der Waals surface area contributed by atoms with E-state index in [4.69, 9.17) is 16.0 Å². The standard InChI is InChI=1S/C53H40N3O/c1-3-45-41-22-11-10-21-40(41)42-31-29-37-30-32-44-43-23-12-15-28-49(43)57-52(44)50(37)53-55(34(2)33-46(42)54-45)47-26-13-14-27-48(47)56(53)51-38(35-17-6-4-7-18-35)24-16-25-39(51)36-19-8-5-9-20-36/h3-28,30,32,42,46H,1-2,29,31,33H2/q+1. The summed E-state index contributed by atoms with van der Waals surface area (Å²) in [6.07, 6.45) is 4.37. The lowest BCUT2D eigenvalue weighted by molar-refractivity contribution is -0.542. The fourth-order valence-corrected chi connectivity index (χ4v) is 9.65. The van der Waals surface area contributed by atoms with Gasteiger partial charge in [0.1, 0.15) is 22.5 Å². The second-order valence-corrected chi connectivity index (χ2v) is 15.3. The van der Waals surface area contributed by atoms with Crippen molar-refractivity contribution in [1.82, 2.24) is 4.57 Å². The zero-order valence-corrected chi connectivity index (χ0v) is 31.6. The predicted octanol–water partition coefficient (Wildman–Crippen LogP) is 12.8. The molecule has 0 fully saturated rings. The molecule has 2 aliphatic heterocycles. The van der Waals surface area contributed by atoms with Gasteiger partial charge in [0, 0.05) is 39.8 Å². The van der Waals surface area contributed by atoms with Crippen molar-refractivity contribution in [3.05, 3.63) is 200 Å². The normalized spacial score (nSPS) is 16.4. The molecule has 2 unspecified atom stereocenters. The molecule has 11 rings (SSSR count). The summed E-state index contributed by atoms with van der Waals surface area (Å²) in [6.45, 7) is 9.17. The molecule has 0 aliphatic carbocycles. The van der Waals surface area contributed by atoms with Crippen molar-refractivity contribution in [2.24, 2.45) is 4.99 Å². The third-order valence-corrected chi connectivity index (χ3v) is 12.2. The predicted molar refractivity (Wildman–Crippen MR) is 235 cm³/mol. The molecule has 4 nitrogen and oxygen atoms in total. The number of hydrogen-bond donors (Lipinski definition) is 0. The molecule has 272 valence electrons. The molecule has 2 atom stereocenters. The monoisotopic (exact) mass is 734 g/mol. The van der Waals surface area contributed by atoms with Gasteiger partial charge in [-0.2, -0.15) is 9.13 Å². The van der Waals surface area contributed by atoms with E-state index < -0.39 is 0 Å². The van der Waals surface area contributed by atoms with Crippen LogP contribution in [0.25, 0.3) is 78.0 Å². The van der Waals surface area contributed by atoms with Crippen LogP contribution in [0.4, 0.5) is 0 Å². The summed E-state index contributed by atoms with van der Waals surface area (Å²) >= 11 is 0. The Morgan fingerprint density at radius 2 is 1.33 bits per heavy atom. The van der Waals surface area contributed by atoms with Crippen molar-refractivity contribution in [1.29, 1.82) is 0 Å². The second-order valence-electron chi connectivity index (χ2n) is 15.3. The molecule has 4 heterocycles. The summed E-state index contributed by atoms with van der Waals surface area (Å²) in [7, 11) is 0. The molecular weight excluding hydrogens is 695 g/mol. The molecule has 2 aromatic heterocycles. The highest BCUT2D eigenvalue weighted by atomic mass is 16.3. The fraction of sp³-hybridized carbons (Fsp3) is 0.0943. The molecule has 9 aromatic rings. The van der Waals surface area contributed by atoms with Gasteiger partial charge < -0.3 is 4.42 Å². The molecule has 0 bridgehead atoms. The first-order valence-corrected chi connectivity index (χ1v) is 19.9. The molecule has 0 saturated heterocycles. The van der Waals surface area contributed by atoms with E-state index in [9.17, 15) is 0 Å². The number of fused-ring (bicyclic) bond motifs is 12. The Bertz CT molecular complexity index is 3030. The molecule has 0 radical (unpaired) electrons. The SMILES string of the molecule is C=CC1=NC2CC(=C)[n+]3c(n(-c4c(-c5ccccc5)cccc4-c4ccccc4)c4ccccc43)-c3c(ccc4c3oc3ccccc34)CCC2c2ccccc21. The van der Waals surface area contributed by atoms with Gasteiger partial charge in [0.05, 0.1) is 11.8 Å². The third-order valence-electron chi connectivity index (χ3n) is 12.2. The lowest BCUT2D eigenvalue weighted by Crippen LogP contribution is -2.38. The Balaban J connectivity index is 1.30. The van der Waals surface area contributed by atoms with Crippen molar-refractivity contribution in [2.75, 3.05) is 0 Å². The van der Waals surface area contributed by atoms with E-state index in [-0.39, 0.29) is 12.0 Å². The average molecular weight is 735 g/mol. The summed E-state index contributed by atoms with van der Waals surface area (Å²) in [5.74, 6) is 1.24. The number of hydrogen-bond acceptors (Lipinski definition) is 2. The molecule has 0 saturated carbocycles. The van der Waals surface area contributed by atoms with E-state index in [2.05, 4.69) is 180 Å². The molecule has 0 N–H and O–H groups in total. The lowest BCUT2D eigenvalue weighted by atomic mass is 9.78. The van der Waals surface area contributed by atoms with E-state index in [1.807, 2.05) is 6.08 Å². The first kappa shape index (κ1) is 33.3. The minimum atomic E-state index is -0.00386. The van der Waals surface area contributed by atoms with Crippen LogP contribution < -0.4 is 4.57 Å². The zero-order valence-electron chi connectivity index (χ0n) is 31.6. The van der Waals surface area contributed by atoms with Gasteiger partial charge in [0.25, 0.3) is 0 Å². The second kappa shape index (κ2) is 13.3. The molecule has 7 aromatic carbocycles. The topological polar surface area (TPSA) is 34.3 Å². The Morgan fingerprint density at radius 3 is 2.11 bits per heavy atom. The first-order chi connectivity index (χ1) is 28.2. The number of furan rings is 1. The van der Waals surface area contributed by atoms with Gasteiger partial charge in [-0.3, -0.25) is 4.99 Å². The Labute approximate surface area is 332 Å². The summed E-state index contributed by atoms with van der Waals surface area (Å²) in [6, 6.07) is 58.8. The number of allylic oxidation sites excluding steroid dienone is 1. The van der Waals surface area contributed by atoms with Crippen molar-refractivity contribution >= 4 is 44.4 Å². The number of nitrogens with zero attached hydrogens (tertiary/aromatic N) is 3. The summed E-state index contributed by atoms with van der Waals surface area (Å²) < 4.78 is 12.0. The van der Waals surface area contributed by atoms with Crippen molar-refractivity contribution in [2.45, 2.75) is 31.2 Å². The van der Waals surface area contributed by atoms with E-state index >= 15 is 0 Å². The van der Waals surface area contributed by atoms with Crippen LogP contribution in [0.5, 0.6) is 0 Å². The van der Waals surface area contributed by atoms with Gasteiger partial charge in [-0.25, -0.2) is 0 Å². The molecule has 0 spiro atoms. The van der Waals surface area contributed by atoms with Gasteiger partial charge in [-0.15, -0.1) is 0 Å². The van der Waals surface area contributed by atoms with Crippen LogP contribution in [0.3, 0.4) is 0 Å². The summed E-state index contributed by atoms with van der Waals surface area (Å²) in [5, 5.41) is 2.22. The van der Waals surface area contributed by atoms with Gasteiger partial charge >= 0.3 is 5.82 Å². The number of aromatic nitrogens is 2. The van der Waals surface area contributed by atoms with Crippen molar-refractivity contribution in [3.63, 3.8) is 0 Å². The molecule has 2 aliphatic rings. The van der Waals surface area contributed by atoms with E-state index in [0.29, 0.717) is 6.42 Å². The highest BCUT2D eigenvalue weighted by Gasteiger charge is 2.39. The van der Waals surface area contributed by atoms with Crippen LogP contribution in [0.15, 0.2) is 192 Å². The van der Waals surface area contributed by atoms with Crippen LogP contribution >= 0.6 is 0 Å². The van der Waals surface area contributed by atoms with Gasteiger partial charge in [0.15, 0.2) is 16.6 Å². The number of rotatable bonds is 4. The highest BCUT2D eigenvalue weighted by molar-refractivity contribution is 6.11. The van der Waals surface area contributed by atoms with Crippen LogP contribution in [0.2, 0.25) is 0 Å². The minimum absolute atomic E-state index is 0.00386. The molecule has 57 heavy (non-hydrogen) atoms. The van der Waals surface area contributed by atoms with Crippen molar-refractivity contribution < 1.29 is 8.98 Å². The Kier molecular flexibility index (Phi) is 7.78. The minimum Gasteiger partial charge on any atom is -0.455 e. The summed E-state index contributed by atoms with van der Waals surface area (Å²) in [4.78, 5) is 5.45. The fourth-order valence-electron chi connectivity index (χ4n) is 9.65. The van der Waals surface area contributed by atoms with Gasteiger partial charge in [-0.05, 0) is 59.4 Å². The number of aryl methyl sites for hydroxylation is 1. The quantitative estimate of drug-likeness (QED) is 0.166. The maximum absolute atomic E-state index is 7.03. The smallest absolute Gasteiger partial charge is 0.304 e. The maximum Gasteiger partial charge on any atom is 0.304 e. The van der Waals surface area contributed by atoms with Gasteiger partial charge in [0.2, 0.25) is 0 Å². The number of benzene rings is 7. The Morgan fingerprint density at radius 1 is 0.667 bits per heavy atom.